The molecular weight excluding hydrogens is 420 g/mol. The van der Waals surface area contributed by atoms with Crippen LogP contribution in [0.5, 0.6) is 5.75 Å². The Hall–Kier alpha value is -3.16. The Kier molecular flexibility index (Phi) is 7.19. The van der Waals surface area contributed by atoms with E-state index in [1.165, 1.54) is 11.8 Å². The summed E-state index contributed by atoms with van der Waals surface area (Å²) >= 11 is 1.48. The van der Waals surface area contributed by atoms with Crippen LogP contribution in [0.3, 0.4) is 0 Å². The van der Waals surface area contributed by atoms with Crippen LogP contribution in [0.2, 0.25) is 0 Å². The zero-order chi connectivity index (χ0) is 22.3. The SMILES string of the molecule is C=CS/C(=N\C)c1ccc2cnc(NC(=O)c3ccc(OC4CCNCC4)cc3)cc2c1. The van der Waals surface area contributed by atoms with Crippen molar-refractivity contribution in [3.05, 3.63) is 77.8 Å². The van der Waals surface area contributed by atoms with Crippen molar-refractivity contribution in [1.29, 1.82) is 0 Å². The van der Waals surface area contributed by atoms with E-state index >= 15 is 0 Å². The Bertz CT molecular complexity index is 1140. The predicted molar refractivity (Wildman–Crippen MR) is 133 cm³/mol. The maximum absolute atomic E-state index is 12.7. The van der Waals surface area contributed by atoms with Crippen LogP contribution < -0.4 is 15.4 Å². The van der Waals surface area contributed by atoms with Crippen LogP contribution in [0.4, 0.5) is 5.82 Å². The molecule has 2 heterocycles. The number of rotatable bonds is 6. The number of thioether (sulfide) groups is 1. The third-order valence-corrected chi connectivity index (χ3v) is 6.12. The Morgan fingerprint density at radius 1 is 1.16 bits per heavy atom. The largest absolute Gasteiger partial charge is 0.490 e. The van der Waals surface area contributed by atoms with E-state index in [1.54, 1.807) is 30.8 Å². The van der Waals surface area contributed by atoms with Crippen molar-refractivity contribution >= 4 is 39.3 Å². The summed E-state index contributed by atoms with van der Waals surface area (Å²) in [6.07, 6.45) is 3.98. The van der Waals surface area contributed by atoms with E-state index in [9.17, 15) is 4.79 Å². The van der Waals surface area contributed by atoms with Gasteiger partial charge in [0.15, 0.2) is 0 Å². The third-order valence-electron chi connectivity index (χ3n) is 5.31. The molecule has 4 rings (SSSR count). The number of fused-ring (bicyclic) bond motifs is 1. The average Bonchev–Trinajstić information content (AvgIpc) is 2.83. The number of nitrogens with one attached hydrogen (secondary N) is 2. The number of hydrogen-bond donors (Lipinski definition) is 2. The fraction of sp³-hybridized carbons (Fsp3) is 0.240. The first-order valence-corrected chi connectivity index (χ1v) is 11.5. The van der Waals surface area contributed by atoms with Gasteiger partial charge < -0.3 is 15.4 Å². The topological polar surface area (TPSA) is 75.6 Å². The summed E-state index contributed by atoms with van der Waals surface area (Å²) < 4.78 is 6.01. The highest BCUT2D eigenvalue weighted by atomic mass is 32.2. The minimum Gasteiger partial charge on any atom is -0.490 e. The highest BCUT2D eigenvalue weighted by molar-refractivity contribution is 8.16. The number of ether oxygens (including phenoxy) is 1. The van der Waals surface area contributed by atoms with Crippen LogP contribution in [0.15, 0.2) is 71.7 Å². The van der Waals surface area contributed by atoms with Crippen molar-refractivity contribution in [2.45, 2.75) is 18.9 Å². The van der Waals surface area contributed by atoms with Gasteiger partial charge in [-0.1, -0.05) is 30.5 Å². The summed E-state index contributed by atoms with van der Waals surface area (Å²) in [7, 11) is 1.76. The van der Waals surface area contributed by atoms with Crippen molar-refractivity contribution in [1.82, 2.24) is 10.3 Å². The van der Waals surface area contributed by atoms with Crippen molar-refractivity contribution in [3.8, 4) is 5.75 Å². The van der Waals surface area contributed by atoms with E-state index < -0.39 is 0 Å². The van der Waals surface area contributed by atoms with Gasteiger partial charge in [-0.3, -0.25) is 9.79 Å². The van der Waals surface area contributed by atoms with Gasteiger partial charge in [-0.25, -0.2) is 4.98 Å². The quantitative estimate of drug-likeness (QED) is 0.417. The number of nitrogens with zero attached hydrogens (tertiary/aromatic N) is 2. The molecule has 1 saturated heterocycles. The van der Waals surface area contributed by atoms with Crippen LogP contribution in [0.1, 0.15) is 28.8 Å². The molecule has 0 spiro atoms. The van der Waals surface area contributed by atoms with Crippen molar-refractivity contribution in [2.75, 3.05) is 25.5 Å². The van der Waals surface area contributed by atoms with Crippen LogP contribution in [0.25, 0.3) is 10.8 Å². The maximum Gasteiger partial charge on any atom is 0.256 e. The lowest BCUT2D eigenvalue weighted by molar-refractivity contribution is 0.102. The lowest BCUT2D eigenvalue weighted by atomic mass is 10.1. The average molecular weight is 447 g/mol. The Balaban J connectivity index is 1.46. The lowest BCUT2D eigenvalue weighted by Crippen LogP contribution is -2.34. The highest BCUT2D eigenvalue weighted by Gasteiger charge is 2.15. The van der Waals surface area contributed by atoms with Gasteiger partial charge in [0, 0.05) is 29.8 Å². The molecule has 0 unspecified atom stereocenters. The zero-order valence-corrected chi connectivity index (χ0v) is 18.8. The first-order chi connectivity index (χ1) is 15.7. The third kappa shape index (κ3) is 5.36. The Morgan fingerprint density at radius 2 is 1.91 bits per heavy atom. The van der Waals surface area contributed by atoms with E-state index in [1.807, 2.05) is 36.4 Å². The summed E-state index contributed by atoms with van der Waals surface area (Å²) in [5.41, 5.74) is 1.55. The van der Waals surface area contributed by atoms with Gasteiger partial charge in [-0.15, -0.1) is 0 Å². The van der Waals surface area contributed by atoms with E-state index in [-0.39, 0.29) is 12.0 Å². The van der Waals surface area contributed by atoms with Crippen molar-refractivity contribution in [3.63, 3.8) is 0 Å². The summed E-state index contributed by atoms with van der Waals surface area (Å²) in [6, 6.07) is 15.2. The molecule has 6 nitrogen and oxygen atoms in total. The molecule has 164 valence electrons. The molecular formula is C25H26N4O2S. The number of carbonyl (C=O) groups excluding carboxylic acids is 1. The molecule has 2 aromatic carbocycles. The van der Waals surface area contributed by atoms with Gasteiger partial charge in [-0.05, 0) is 73.1 Å². The fourth-order valence-electron chi connectivity index (χ4n) is 3.65. The summed E-state index contributed by atoms with van der Waals surface area (Å²) in [5, 5.41) is 10.8. The summed E-state index contributed by atoms with van der Waals surface area (Å²) in [5.74, 6) is 1.08. The summed E-state index contributed by atoms with van der Waals surface area (Å²) in [4.78, 5) is 21.4. The van der Waals surface area contributed by atoms with Crippen molar-refractivity contribution < 1.29 is 9.53 Å². The van der Waals surface area contributed by atoms with Crippen LogP contribution in [0, 0.1) is 0 Å². The van der Waals surface area contributed by atoms with Crippen molar-refractivity contribution in [2.24, 2.45) is 4.99 Å². The molecule has 7 heteroatoms. The van der Waals surface area contributed by atoms with Gasteiger partial charge in [-0.2, -0.15) is 0 Å². The molecule has 1 aliphatic rings. The molecule has 1 aliphatic heterocycles. The number of aromatic nitrogens is 1. The summed E-state index contributed by atoms with van der Waals surface area (Å²) in [6.45, 7) is 5.72. The minimum absolute atomic E-state index is 0.209. The molecule has 0 atom stereocenters. The molecule has 0 radical (unpaired) electrons. The Labute approximate surface area is 192 Å². The highest BCUT2D eigenvalue weighted by Crippen LogP contribution is 2.23. The monoisotopic (exact) mass is 446 g/mol. The molecule has 1 fully saturated rings. The molecule has 0 saturated carbocycles. The van der Waals surface area contributed by atoms with Crippen LogP contribution >= 0.6 is 11.8 Å². The number of hydrogen-bond acceptors (Lipinski definition) is 6. The molecule has 1 aromatic heterocycles. The first kappa shape index (κ1) is 22.0. The van der Waals surface area contributed by atoms with Gasteiger partial charge in [0.25, 0.3) is 5.91 Å². The minimum atomic E-state index is -0.209. The van der Waals surface area contributed by atoms with Crippen LogP contribution in [-0.2, 0) is 0 Å². The standard InChI is InChI=1S/C25H26N4O2S/c1-3-32-25(26-2)18-4-5-19-16-28-23(15-20(19)14-18)29-24(30)17-6-8-21(9-7-17)31-22-10-12-27-13-11-22/h3-9,14-16,22,27H,1,10-13H2,2H3,(H,28,29,30)/b26-25-. The normalized spacial score (nSPS) is 14.8. The second-order valence-corrected chi connectivity index (χ2v) is 8.45. The van der Waals surface area contributed by atoms with Gasteiger partial charge in [0.1, 0.15) is 22.7 Å². The number of benzene rings is 2. The number of aliphatic imine (C=N–C) groups is 1. The zero-order valence-electron chi connectivity index (χ0n) is 18.0. The smallest absolute Gasteiger partial charge is 0.256 e. The Morgan fingerprint density at radius 3 is 2.62 bits per heavy atom. The molecule has 32 heavy (non-hydrogen) atoms. The number of piperidine rings is 1. The maximum atomic E-state index is 12.7. The number of anilines is 1. The first-order valence-electron chi connectivity index (χ1n) is 10.6. The number of carbonyl (C=O) groups is 1. The van der Waals surface area contributed by atoms with Crippen LogP contribution in [-0.4, -0.2) is 42.2 Å². The van der Waals surface area contributed by atoms with Gasteiger partial charge >= 0.3 is 0 Å². The molecule has 1 amide bonds. The molecule has 2 N–H and O–H groups in total. The van der Waals surface area contributed by atoms with E-state index in [2.05, 4.69) is 27.2 Å². The number of pyridine rings is 1. The fourth-order valence-corrected chi connectivity index (χ4v) is 4.18. The van der Waals surface area contributed by atoms with Gasteiger partial charge in [0.05, 0.1) is 0 Å². The predicted octanol–water partition coefficient (Wildman–Crippen LogP) is 4.87. The van der Waals surface area contributed by atoms with E-state index in [0.29, 0.717) is 11.4 Å². The van der Waals surface area contributed by atoms with E-state index in [4.69, 9.17) is 4.74 Å². The van der Waals surface area contributed by atoms with E-state index in [0.717, 1.165) is 53.1 Å². The lowest BCUT2D eigenvalue weighted by Gasteiger charge is -2.23. The molecule has 3 aromatic rings. The molecule has 0 bridgehead atoms. The van der Waals surface area contributed by atoms with Gasteiger partial charge in [0.2, 0.25) is 0 Å². The second-order valence-electron chi connectivity index (χ2n) is 7.49. The number of amides is 1. The molecule has 0 aliphatic carbocycles. The second kappa shape index (κ2) is 10.4.